The van der Waals surface area contributed by atoms with Crippen LogP contribution in [0.25, 0.3) is 54.9 Å². The minimum atomic E-state index is -0.168. The first-order chi connectivity index (χ1) is 30.6. The van der Waals surface area contributed by atoms with Crippen LogP contribution in [-0.4, -0.2) is 0 Å². The minimum Gasteiger partial charge on any atom is -0.310 e. The molecule has 0 N–H and O–H groups in total. The molecule has 0 heterocycles. The number of hydrogen-bond acceptors (Lipinski definition) is 1. The van der Waals surface area contributed by atoms with E-state index in [2.05, 4.69) is 213 Å². The van der Waals surface area contributed by atoms with Crippen LogP contribution in [0.4, 0.5) is 17.1 Å². The highest BCUT2D eigenvalue weighted by Crippen LogP contribution is 2.57. The van der Waals surface area contributed by atoms with Crippen LogP contribution < -0.4 is 4.90 Å². The Balaban J connectivity index is 0.955. The summed E-state index contributed by atoms with van der Waals surface area (Å²) in [7, 11) is 0. The van der Waals surface area contributed by atoms with E-state index in [0.717, 1.165) is 12.0 Å². The molecule has 12 rings (SSSR count). The largest absolute Gasteiger partial charge is 0.310 e. The van der Waals surface area contributed by atoms with Crippen LogP contribution in [0.15, 0.2) is 163 Å². The first kappa shape index (κ1) is 38.9. The molecular formula is C63H55N. The zero-order valence-corrected chi connectivity index (χ0v) is 38.7. The van der Waals surface area contributed by atoms with Crippen molar-refractivity contribution >= 4 is 49.8 Å². The number of aryl methyl sites for hydroxylation is 2. The second-order valence-corrected chi connectivity index (χ2v) is 20.8. The Bertz CT molecular complexity index is 3490. The molecule has 1 heteroatoms. The van der Waals surface area contributed by atoms with Crippen molar-refractivity contribution in [2.75, 3.05) is 4.90 Å². The number of anilines is 3. The number of rotatable bonds is 4. The maximum Gasteiger partial charge on any atom is 0.0490 e. The molecule has 312 valence electrons. The van der Waals surface area contributed by atoms with Crippen LogP contribution in [-0.2, 0) is 22.7 Å². The van der Waals surface area contributed by atoms with E-state index in [1.54, 1.807) is 0 Å². The Morgan fingerprint density at radius 2 is 1.11 bits per heavy atom. The standard InChI is InChI=1S/C63H55N/c1-36-19-28-58(37(2)29-36)64(44-22-24-46-42(31-44)30-43-32-52-57(35-51(43)46)63(9,10)54-27-21-41-16-12-14-18-48(41)60(52)54)45-23-25-49-50(39(4)61(5,6)56(49)33-45)34-55-38(3)59-47-17-13-11-15-40(47)20-26-53(59)62(55,7)8/h11-29,31-35H,3,30H2,1-2,4-10H3/b55-34+. The van der Waals surface area contributed by atoms with E-state index in [1.165, 1.54) is 133 Å². The van der Waals surface area contributed by atoms with Crippen molar-refractivity contribution in [1.29, 1.82) is 0 Å². The second kappa shape index (κ2) is 13.2. The van der Waals surface area contributed by atoms with Gasteiger partial charge in [-0.05, 0) is 186 Å². The molecule has 8 aromatic carbocycles. The molecule has 0 unspecified atom stereocenters. The fourth-order valence-corrected chi connectivity index (χ4v) is 12.3. The van der Waals surface area contributed by atoms with Gasteiger partial charge in [0, 0.05) is 33.3 Å². The van der Waals surface area contributed by atoms with Gasteiger partial charge in [0.1, 0.15) is 0 Å². The van der Waals surface area contributed by atoms with Gasteiger partial charge in [-0.2, -0.15) is 0 Å². The summed E-state index contributed by atoms with van der Waals surface area (Å²) in [5.41, 5.74) is 27.5. The maximum absolute atomic E-state index is 4.78. The predicted octanol–water partition coefficient (Wildman–Crippen LogP) is 17.0. The lowest BCUT2D eigenvalue weighted by Gasteiger charge is -2.30. The van der Waals surface area contributed by atoms with Gasteiger partial charge >= 0.3 is 0 Å². The van der Waals surface area contributed by atoms with Crippen molar-refractivity contribution in [2.24, 2.45) is 0 Å². The van der Waals surface area contributed by atoms with Gasteiger partial charge in [0.25, 0.3) is 0 Å². The van der Waals surface area contributed by atoms with Gasteiger partial charge in [0.05, 0.1) is 0 Å². The van der Waals surface area contributed by atoms with Crippen molar-refractivity contribution in [1.82, 2.24) is 0 Å². The first-order valence-corrected chi connectivity index (χ1v) is 23.2. The van der Waals surface area contributed by atoms with E-state index in [0.29, 0.717) is 0 Å². The van der Waals surface area contributed by atoms with Crippen LogP contribution in [0.3, 0.4) is 0 Å². The van der Waals surface area contributed by atoms with Gasteiger partial charge in [-0.1, -0.05) is 156 Å². The summed E-state index contributed by atoms with van der Waals surface area (Å²) < 4.78 is 0. The van der Waals surface area contributed by atoms with Crippen molar-refractivity contribution in [2.45, 2.75) is 85.0 Å². The topological polar surface area (TPSA) is 3.24 Å². The first-order valence-electron chi connectivity index (χ1n) is 23.2. The zero-order valence-electron chi connectivity index (χ0n) is 38.7. The summed E-state index contributed by atoms with van der Waals surface area (Å²) in [5, 5.41) is 5.22. The Kier molecular flexibility index (Phi) is 8.02. The molecule has 0 spiro atoms. The molecule has 0 amide bonds. The molecule has 0 radical (unpaired) electrons. The van der Waals surface area contributed by atoms with Crippen LogP contribution >= 0.6 is 0 Å². The molecule has 4 aliphatic carbocycles. The van der Waals surface area contributed by atoms with E-state index in [9.17, 15) is 0 Å². The number of hydrogen-bond donors (Lipinski definition) is 0. The molecule has 0 atom stereocenters. The molecule has 0 bridgehead atoms. The normalized spacial score (nSPS) is 17.5. The van der Waals surface area contributed by atoms with E-state index in [1.807, 2.05) is 0 Å². The van der Waals surface area contributed by atoms with Crippen molar-refractivity contribution in [3.8, 4) is 22.3 Å². The van der Waals surface area contributed by atoms with Crippen LogP contribution in [0.2, 0.25) is 0 Å². The molecule has 64 heavy (non-hydrogen) atoms. The Hall–Kier alpha value is -6.70. The lowest BCUT2D eigenvalue weighted by molar-refractivity contribution is 0.639. The Morgan fingerprint density at radius 1 is 0.500 bits per heavy atom. The van der Waals surface area contributed by atoms with Crippen molar-refractivity contribution < 1.29 is 0 Å². The number of nitrogens with zero attached hydrogens (tertiary/aromatic N) is 1. The number of benzene rings is 8. The fraction of sp³-hybridized carbons (Fsp3) is 0.206. The van der Waals surface area contributed by atoms with Gasteiger partial charge < -0.3 is 4.90 Å². The summed E-state index contributed by atoms with van der Waals surface area (Å²) >= 11 is 0. The van der Waals surface area contributed by atoms with Crippen LogP contribution in [0.5, 0.6) is 0 Å². The van der Waals surface area contributed by atoms with Gasteiger partial charge in [0.2, 0.25) is 0 Å². The third-order valence-corrected chi connectivity index (χ3v) is 16.2. The maximum atomic E-state index is 4.78. The minimum absolute atomic E-state index is 0.0712. The van der Waals surface area contributed by atoms with E-state index in [-0.39, 0.29) is 16.2 Å². The van der Waals surface area contributed by atoms with E-state index in [4.69, 9.17) is 6.58 Å². The quantitative estimate of drug-likeness (QED) is 0.171. The molecule has 0 fully saturated rings. The highest BCUT2D eigenvalue weighted by atomic mass is 15.1. The van der Waals surface area contributed by atoms with Crippen molar-refractivity contribution in [3.05, 3.63) is 219 Å². The molecule has 0 aromatic heterocycles. The average molecular weight is 826 g/mol. The van der Waals surface area contributed by atoms with Gasteiger partial charge in [-0.15, -0.1) is 0 Å². The SMILES string of the molecule is C=C1/C(=C\C2=C(C)C(C)(C)c3cc(N(c4ccc5c(c4)Cc4cc6c(cc4-5)C(C)(C)c4ccc5ccccc5c4-6)c4ccc(C)cc4C)ccc32)C(C)(C)c2ccc3ccccc3c21. The average Bonchev–Trinajstić information content (AvgIpc) is 3.88. The lowest BCUT2D eigenvalue weighted by Crippen LogP contribution is -2.17. The smallest absolute Gasteiger partial charge is 0.0490 e. The summed E-state index contributed by atoms with van der Waals surface area (Å²) in [6, 6.07) is 53.3. The van der Waals surface area contributed by atoms with Gasteiger partial charge in [-0.3, -0.25) is 0 Å². The molecule has 0 saturated heterocycles. The highest BCUT2D eigenvalue weighted by Gasteiger charge is 2.42. The monoisotopic (exact) mass is 825 g/mol. The fourth-order valence-electron chi connectivity index (χ4n) is 12.3. The van der Waals surface area contributed by atoms with Crippen molar-refractivity contribution in [3.63, 3.8) is 0 Å². The van der Waals surface area contributed by atoms with Gasteiger partial charge in [0.15, 0.2) is 0 Å². The molecule has 4 aliphatic rings. The third kappa shape index (κ3) is 5.25. The van der Waals surface area contributed by atoms with E-state index < -0.39 is 0 Å². The molecule has 0 saturated carbocycles. The lowest BCUT2D eigenvalue weighted by atomic mass is 9.80. The summed E-state index contributed by atoms with van der Waals surface area (Å²) in [4.78, 5) is 2.51. The highest BCUT2D eigenvalue weighted by molar-refractivity contribution is 6.06. The summed E-state index contributed by atoms with van der Waals surface area (Å²) in [5.74, 6) is 0. The number of fused-ring (bicyclic) bond motifs is 12. The summed E-state index contributed by atoms with van der Waals surface area (Å²) in [6.07, 6.45) is 3.41. The Labute approximate surface area is 379 Å². The third-order valence-electron chi connectivity index (χ3n) is 16.2. The molecular weight excluding hydrogens is 771 g/mol. The second-order valence-electron chi connectivity index (χ2n) is 20.8. The number of allylic oxidation sites excluding steroid dienone is 5. The Morgan fingerprint density at radius 3 is 1.81 bits per heavy atom. The zero-order chi connectivity index (χ0) is 44.2. The van der Waals surface area contributed by atoms with Crippen LogP contribution in [0, 0.1) is 13.8 Å². The molecule has 8 aromatic rings. The predicted molar refractivity (Wildman–Crippen MR) is 274 cm³/mol. The van der Waals surface area contributed by atoms with Crippen LogP contribution in [0.1, 0.15) is 104 Å². The molecule has 1 nitrogen and oxygen atoms in total. The molecule has 0 aliphatic heterocycles. The van der Waals surface area contributed by atoms with Gasteiger partial charge in [-0.25, -0.2) is 0 Å². The summed E-state index contributed by atoms with van der Waals surface area (Å²) in [6.45, 7) is 25.9. The van der Waals surface area contributed by atoms with E-state index >= 15 is 0 Å².